The number of fused-ring (bicyclic) bond motifs is 1. The molecule has 0 aliphatic carbocycles. The first-order chi connectivity index (χ1) is 12.4. The molecular weight excluding hydrogens is 332 g/mol. The van der Waals surface area contributed by atoms with Crippen LogP contribution < -0.4 is 14.2 Å². The summed E-state index contributed by atoms with van der Waals surface area (Å²) in [7, 11) is 0. The molecule has 0 N–H and O–H groups in total. The summed E-state index contributed by atoms with van der Waals surface area (Å²) in [6, 6.07) is 16.2. The highest BCUT2D eigenvalue weighted by atomic mass is 16.6. The number of hydrogen-bond acceptors (Lipinski definition) is 5. The van der Waals surface area contributed by atoms with Gasteiger partial charge >= 0.3 is 11.9 Å². The largest absolute Gasteiger partial charge is 0.453 e. The van der Waals surface area contributed by atoms with Crippen molar-refractivity contribution in [1.29, 1.82) is 0 Å². The average molecular weight is 350 g/mol. The molecule has 0 saturated carbocycles. The van der Waals surface area contributed by atoms with Crippen molar-refractivity contribution in [2.24, 2.45) is 0 Å². The quantitative estimate of drug-likeness (QED) is 0.500. The number of rotatable bonds is 4. The van der Waals surface area contributed by atoms with Crippen LogP contribution >= 0.6 is 0 Å². The van der Waals surface area contributed by atoms with Gasteiger partial charge in [0, 0.05) is 30.7 Å². The molecule has 0 atom stereocenters. The topological polar surface area (TPSA) is 61.8 Å². The zero-order valence-electron chi connectivity index (χ0n) is 14.7. The summed E-state index contributed by atoms with van der Waals surface area (Å²) in [5.74, 6) is 0.585. The molecule has 0 bridgehead atoms. The molecule has 0 aliphatic heterocycles. The summed E-state index contributed by atoms with van der Waals surface area (Å²) in [5, 5.41) is 1.26. The van der Waals surface area contributed by atoms with Crippen LogP contribution in [0.25, 0.3) is 10.8 Å². The van der Waals surface area contributed by atoms with Crippen molar-refractivity contribution in [1.82, 2.24) is 0 Å². The Morgan fingerprint density at radius 2 is 1.46 bits per heavy atom. The molecule has 0 aliphatic rings. The minimum atomic E-state index is -0.468. The van der Waals surface area contributed by atoms with E-state index in [4.69, 9.17) is 14.2 Å². The average Bonchev–Trinajstić information content (AvgIpc) is 2.57. The second-order valence-electron chi connectivity index (χ2n) is 5.85. The first kappa shape index (κ1) is 17.5. The number of esters is 2. The minimum absolute atomic E-state index is 0.283. The third-order valence-corrected chi connectivity index (χ3v) is 3.64. The highest BCUT2D eigenvalue weighted by Gasteiger charge is 2.18. The van der Waals surface area contributed by atoms with E-state index in [1.165, 1.54) is 13.8 Å². The Morgan fingerprint density at radius 3 is 2.12 bits per heavy atom. The number of aryl methyl sites for hydroxylation is 1. The van der Waals surface area contributed by atoms with E-state index in [1.807, 2.05) is 37.3 Å². The second-order valence-corrected chi connectivity index (χ2v) is 5.85. The lowest BCUT2D eigenvalue weighted by Crippen LogP contribution is -2.06. The van der Waals surface area contributed by atoms with Gasteiger partial charge in [-0.2, -0.15) is 0 Å². The number of carbonyl (C=O) groups excluding carboxylic acids is 2. The van der Waals surface area contributed by atoms with Crippen LogP contribution in [0.5, 0.6) is 23.0 Å². The van der Waals surface area contributed by atoms with Crippen LogP contribution in [-0.4, -0.2) is 11.9 Å². The molecule has 0 amide bonds. The van der Waals surface area contributed by atoms with Crippen molar-refractivity contribution in [2.75, 3.05) is 0 Å². The number of carbonyl (C=O) groups is 2. The van der Waals surface area contributed by atoms with E-state index >= 15 is 0 Å². The van der Waals surface area contributed by atoms with Crippen molar-refractivity contribution < 1.29 is 23.8 Å². The van der Waals surface area contributed by atoms with Crippen LogP contribution in [0.1, 0.15) is 19.4 Å². The zero-order chi connectivity index (χ0) is 18.7. The molecule has 3 rings (SSSR count). The molecule has 26 heavy (non-hydrogen) atoms. The van der Waals surface area contributed by atoms with Gasteiger partial charge in [-0.15, -0.1) is 0 Å². The van der Waals surface area contributed by atoms with Crippen molar-refractivity contribution in [3.8, 4) is 23.0 Å². The van der Waals surface area contributed by atoms with E-state index in [2.05, 4.69) is 0 Å². The standard InChI is InChI=1S/C21H18O5/c1-13-7-6-8-16(11-13)26-20-12-19(24-14(2)22)17-9-4-5-10-18(17)21(20)25-15(3)23/h4-12H,1-3H3. The monoisotopic (exact) mass is 350 g/mol. The first-order valence-electron chi connectivity index (χ1n) is 8.11. The normalized spacial score (nSPS) is 10.4. The second kappa shape index (κ2) is 7.27. The van der Waals surface area contributed by atoms with Gasteiger partial charge < -0.3 is 14.2 Å². The molecule has 0 spiro atoms. The van der Waals surface area contributed by atoms with Crippen LogP contribution in [0.4, 0.5) is 0 Å². The Morgan fingerprint density at radius 1 is 0.769 bits per heavy atom. The Hall–Kier alpha value is -3.34. The van der Waals surface area contributed by atoms with Gasteiger partial charge in [0.2, 0.25) is 0 Å². The summed E-state index contributed by atoms with van der Waals surface area (Å²) in [5.41, 5.74) is 1.03. The van der Waals surface area contributed by atoms with Crippen molar-refractivity contribution >= 4 is 22.7 Å². The van der Waals surface area contributed by atoms with E-state index in [9.17, 15) is 9.59 Å². The van der Waals surface area contributed by atoms with Crippen molar-refractivity contribution in [3.05, 3.63) is 60.2 Å². The fourth-order valence-corrected chi connectivity index (χ4v) is 2.66. The number of ether oxygens (including phenoxy) is 3. The molecule has 3 aromatic carbocycles. The fourth-order valence-electron chi connectivity index (χ4n) is 2.66. The molecule has 0 radical (unpaired) electrons. The highest BCUT2D eigenvalue weighted by Crippen LogP contribution is 2.43. The summed E-state index contributed by atoms with van der Waals surface area (Å²) >= 11 is 0. The number of hydrogen-bond donors (Lipinski definition) is 0. The maximum Gasteiger partial charge on any atom is 0.308 e. The van der Waals surface area contributed by atoms with E-state index < -0.39 is 11.9 Å². The van der Waals surface area contributed by atoms with Crippen LogP contribution in [0.2, 0.25) is 0 Å². The third kappa shape index (κ3) is 3.83. The van der Waals surface area contributed by atoms with Crippen LogP contribution in [0.15, 0.2) is 54.6 Å². The smallest absolute Gasteiger partial charge is 0.308 e. The molecule has 0 unspecified atom stereocenters. The van der Waals surface area contributed by atoms with Gasteiger partial charge in [-0.3, -0.25) is 9.59 Å². The Labute approximate surface area is 151 Å². The SMILES string of the molecule is CC(=O)Oc1cc(Oc2cccc(C)c2)c(OC(C)=O)c2ccccc12. The van der Waals surface area contributed by atoms with Gasteiger partial charge in [-0.1, -0.05) is 36.4 Å². The molecule has 5 nitrogen and oxygen atoms in total. The van der Waals surface area contributed by atoms with Gasteiger partial charge in [0.05, 0.1) is 0 Å². The van der Waals surface area contributed by atoms with Crippen LogP contribution in [-0.2, 0) is 9.59 Å². The van der Waals surface area contributed by atoms with Gasteiger partial charge in [0.15, 0.2) is 11.5 Å². The predicted molar refractivity (Wildman–Crippen MR) is 97.8 cm³/mol. The zero-order valence-corrected chi connectivity index (χ0v) is 14.7. The number of benzene rings is 3. The molecule has 3 aromatic rings. The van der Waals surface area contributed by atoms with E-state index in [-0.39, 0.29) is 5.75 Å². The van der Waals surface area contributed by atoms with Gasteiger partial charge in [0.1, 0.15) is 11.5 Å². The summed E-state index contributed by atoms with van der Waals surface area (Å²) in [4.78, 5) is 23.1. The van der Waals surface area contributed by atoms with Gasteiger partial charge in [-0.05, 0) is 24.6 Å². The van der Waals surface area contributed by atoms with E-state index in [1.54, 1.807) is 24.3 Å². The molecule has 5 heteroatoms. The van der Waals surface area contributed by atoms with Crippen LogP contribution in [0.3, 0.4) is 0 Å². The minimum Gasteiger partial charge on any atom is -0.453 e. The Balaban J connectivity index is 2.20. The Bertz CT molecular complexity index is 991. The predicted octanol–water partition coefficient (Wildman–Crippen LogP) is 4.79. The van der Waals surface area contributed by atoms with Crippen molar-refractivity contribution in [3.63, 3.8) is 0 Å². The molecule has 0 aromatic heterocycles. The summed E-state index contributed by atoms with van der Waals surface area (Å²) in [6.07, 6.45) is 0. The van der Waals surface area contributed by atoms with E-state index in [0.717, 1.165) is 5.56 Å². The third-order valence-electron chi connectivity index (χ3n) is 3.64. The highest BCUT2D eigenvalue weighted by molar-refractivity contribution is 5.98. The maximum absolute atomic E-state index is 11.6. The molecular formula is C21H18O5. The lowest BCUT2D eigenvalue weighted by Gasteiger charge is -2.16. The van der Waals surface area contributed by atoms with Gasteiger partial charge in [0.25, 0.3) is 0 Å². The molecule has 0 saturated heterocycles. The molecule has 0 heterocycles. The molecule has 0 fully saturated rings. The lowest BCUT2D eigenvalue weighted by atomic mass is 10.1. The van der Waals surface area contributed by atoms with Crippen molar-refractivity contribution in [2.45, 2.75) is 20.8 Å². The fraction of sp³-hybridized carbons (Fsp3) is 0.143. The maximum atomic E-state index is 11.6. The summed E-state index contributed by atoms with van der Waals surface area (Å²) in [6.45, 7) is 4.60. The molecule has 132 valence electrons. The Kier molecular flexibility index (Phi) is 4.89. The first-order valence-corrected chi connectivity index (χ1v) is 8.11. The van der Waals surface area contributed by atoms with E-state index in [0.29, 0.717) is 28.0 Å². The lowest BCUT2D eigenvalue weighted by molar-refractivity contribution is -0.133. The van der Waals surface area contributed by atoms with Crippen LogP contribution in [0, 0.1) is 6.92 Å². The van der Waals surface area contributed by atoms with Gasteiger partial charge in [-0.25, -0.2) is 0 Å². The summed E-state index contributed by atoms with van der Waals surface area (Å²) < 4.78 is 16.7.